The SMILES string of the molecule is N#Cc1cc(-c2cccc(C(=O)O)c2O)c2ccccc2c1. The summed E-state index contributed by atoms with van der Waals surface area (Å²) in [4.78, 5) is 11.2. The first-order chi connectivity index (χ1) is 10.6. The van der Waals surface area contributed by atoms with E-state index in [2.05, 4.69) is 6.07 Å². The smallest absolute Gasteiger partial charge is 0.339 e. The van der Waals surface area contributed by atoms with Gasteiger partial charge in [0.15, 0.2) is 0 Å². The zero-order chi connectivity index (χ0) is 15.7. The Morgan fingerprint density at radius 2 is 1.77 bits per heavy atom. The van der Waals surface area contributed by atoms with Gasteiger partial charge in [-0.05, 0) is 34.5 Å². The van der Waals surface area contributed by atoms with E-state index in [0.717, 1.165) is 10.8 Å². The van der Waals surface area contributed by atoms with Gasteiger partial charge in [-0.25, -0.2) is 4.79 Å². The molecule has 0 atom stereocenters. The number of carboxylic acid groups (broad SMARTS) is 1. The normalized spacial score (nSPS) is 10.3. The molecule has 4 nitrogen and oxygen atoms in total. The summed E-state index contributed by atoms with van der Waals surface area (Å²) in [6.45, 7) is 0. The Labute approximate surface area is 126 Å². The van der Waals surface area contributed by atoms with E-state index in [9.17, 15) is 15.2 Å². The average molecular weight is 289 g/mol. The summed E-state index contributed by atoms with van der Waals surface area (Å²) in [6, 6.07) is 17.5. The fourth-order valence-corrected chi connectivity index (χ4v) is 2.53. The first-order valence-electron chi connectivity index (χ1n) is 6.60. The molecule has 3 rings (SSSR count). The molecule has 0 amide bonds. The molecular formula is C18H11NO3. The number of nitriles is 1. The van der Waals surface area contributed by atoms with Crippen LogP contribution in [0.4, 0.5) is 0 Å². The van der Waals surface area contributed by atoms with Gasteiger partial charge in [-0.3, -0.25) is 0 Å². The van der Waals surface area contributed by atoms with Gasteiger partial charge in [-0.15, -0.1) is 0 Å². The predicted octanol–water partition coefficient (Wildman–Crippen LogP) is 3.78. The Bertz CT molecular complexity index is 939. The van der Waals surface area contributed by atoms with Gasteiger partial charge in [-0.2, -0.15) is 5.26 Å². The number of hydrogen-bond acceptors (Lipinski definition) is 3. The standard InChI is InChI=1S/C18H11NO3/c19-10-11-8-12-4-1-2-5-13(12)16(9-11)14-6-3-7-15(17(14)20)18(21)22/h1-9,20H,(H,21,22). The van der Waals surface area contributed by atoms with Crippen LogP contribution in [0.3, 0.4) is 0 Å². The van der Waals surface area contributed by atoms with Crippen molar-refractivity contribution in [1.29, 1.82) is 5.26 Å². The van der Waals surface area contributed by atoms with Crippen molar-refractivity contribution in [3.63, 3.8) is 0 Å². The maximum Gasteiger partial charge on any atom is 0.339 e. The average Bonchev–Trinajstić information content (AvgIpc) is 2.53. The van der Waals surface area contributed by atoms with Gasteiger partial charge in [0.05, 0.1) is 11.6 Å². The van der Waals surface area contributed by atoms with E-state index in [1.165, 1.54) is 6.07 Å². The van der Waals surface area contributed by atoms with Crippen LogP contribution in [0.5, 0.6) is 5.75 Å². The second-order valence-corrected chi connectivity index (χ2v) is 4.86. The summed E-state index contributed by atoms with van der Waals surface area (Å²) >= 11 is 0. The van der Waals surface area contributed by atoms with Gasteiger partial charge in [-0.1, -0.05) is 36.4 Å². The van der Waals surface area contributed by atoms with E-state index in [1.807, 2.05) is 24.3 Å². The second kappa shape index (κ2) is 5.23. The van der Waals surface area contributed by atoms with Crippen molar-refractivity contribution in [3.05, 3.63) is 65.7 Å². The van der Waals surface area contributed by atoms with Crippen LogP contribution in [0, 0.1) is 11.3 Å². The molecule has 2 N–H and O–H groups in total. The van der Waals surface area contributed by atoms with Crippen molar-refractivity contribution in [2.24, 2.45) is 0 Å². The summed E-state index contributed by atoms with van der Waals surface area (Å²) in [5.41, 5.74) is 1.32. The molecule has 0 heterocycles. The maximum atomic E-state index is 11.2. The van der Waals surface area contributed by atoms with Gasteiger partial charge < -0.3 is 10.2 Å². The molecule has 0 radical (unpaired) electrons. The zero-order valence-corrected chi connectivity index (χ0v) is 11.4. The van der Waals surface area contributed by atoms with Crippen LogP contribution in [0.25, 0.3) is 21.9 Å². The molecule has 0 aromatic heterocycles. The van der Waals surface area contributed by atoms with Crippen LogP contribution < -0.4 is 0 Å². The summed E-state index contributed by atoms with van der Waals surface area (Å²) in [7, 11) is 0. The van der Waals surface area contributed by atoms with Gasteiger partial charge in [0.1, 0.15) is 11.3 Å². The highest BCUT2D eigenvalue weighted by atomic mass is 16.4. The number of carboxylic acids is 1. The lowest BCUT2D eigenvalue weighted by molar-refractivity contribution is 0.0694. The van der Waals surface area contributed by atoms with Gasteiger partial charge in [0, 0.05) is 5.56 Å². The molecule has 0 aliphatic carbocycles. The highest BCUT2D eigenvalue weighted by Gasteiger charge is 2.16. The molecule has 0 fully saturated rings. The number of aromatic hydroxyl groups is 1. The number of nitrogens with zero attached hydrogens (tertiary/aromatic N) is 1. The first kappa shape index (κ1) is 13.7. The Morgan fingerprint density at radius 1 is 1.00 bits per heavy atom. The summed E-state index contributed by atoms with van der Waals surface area (Å²) in [6.07, 6.45) is 0. The molecule has 0 spiro atoms. The highest BCUT2D eigenvalue weighted by Crippen LogP contribution is 2.37. The van der Waals surface area contributed by atoms with Crippen molar-refractivity contribution >= 4 is 16.7 Å². The van der Waals surface area contributed by atoms with Crippen molar-refractivity contribution in [1.82, 2.24) is 0 Å². The fraction of sp³-hybridized carbons (Fsp3) is 0. The first-order valence-corrected chi connectivity index (χ1v) is 6.60. The number of benzene rings is 3. The van der Waals surface area contributed by atoms with Crippen LogP contribution in [0.15, 0.2) is 54.6 Å². The Morgan fingerprint density at radius 3 is 2.50 bits per heavy atom. The minimum Gasteiger partial charge on any atom is -0.506 e. The molecular weight excluding hydrogens is 278 g/mol. The lowest BCUT2D eigenvalue weighted by Gasteiger charge is -2.11. The molecule has 3 aromatic carbocycles. The van der Waals surface area contributed by atoms with Crippen LogP contribution >= 0.6 is 0 Å². The molecule has 0 bridgehead atoms. The van der Waals surface area contributed by atoms with Crippen LogP contribution in [-0.4, -0.2) is 16.2 Å². The zero-order valence-electron chi connectivity index (χ0n) is 11.4. The molecule has 0 saturated heterocycles. The van der Waals surface area contributed by atoms with Crippen molar-refractivity contribution in [2.75, 3.05) is 0 Å². The van der Waals surface area contributed by atoms with Crippen LogP contribution in [0.1, 0.15) is 15.9 Å². The second-order valence-electron chi connectivity index (χ2n) is 4.86. The van der Waals surface area contributed by atoms with E-state index in [4.69, 9.17) is 5.11 Å². The third kappa shape index (κ3) is 2.15. The lowest BCUT2D eigenvalue weighted by Crippen LogP contribution is -1.97. The van der Waals surface area contributed by atoms with E-state index in [0.29, 0.717) is 16.7 Å². The minimum atomic E-state index is -1.19. The molecule has 3 aromatic rings. The Hall–Kier alpha value is -3.32. The third-order valence-corrected chi connectivity index (χ3v) is 3.55. The largest absolute Gasteiger partial charge is 0.506 e. The summed E-state index contributed by atoms with van der Waals surface area (Å²) in [5, 5.41) is 30.3. The van der Waals surface area contributed by atoms with Gasteiger partial charge in [0.25, 0.3) is 0 Å². The van der Waals surface area contributed by atoms with E-state index < -0.39 is 5.97 Å². The van der Waals surface area contributed by atoms with E-state index in [-0.39, 0.29) is 11.3 Å². The minimum absolute atomic E-state index is 0.163. The number of phenols is 1. The van der Waals surface area contributed by atoms with Crippen molar-refractivity contribution in [2.45, 2.75) is 0 Å². The quantitative estimate of drug-likeness (QED) is 0.752. The number of fused-ring (bicyclic) bond motifs is 1. The van der Waals surface area contributed by atoms with Crippen LogP contribution in [0.2, 0.25) is 0 Å². The molecule has 22 heavy (non-hydrogen) atoms. The fourth-order valence-electron chi connectivity index (χ4n) is 2.53. The number of rotatable bonds is 2. The number of para-hydroxylation sites is 1. The van der Waals surface area contributed by atoms with Gasteiger partial charge >= 0.3 is 5.97 Å². The Balaban J connectivity index is 2.38. The van der Waals surface area contributed by atoms with Crippen molar-refractivity contribution in [3.8, 4) is 22.9 Å². The van der Waals surface area contributed by atoms with Gasteiger partial charge in [0.2, 0.25) is 0 Å². The van der Waals surface area contributed by atoms with Crippen molar-refractivity contribution < 1.29 is 15.0 Å². The third-order valence-electron chi connectivity index (χ3n) is 3.55. The number of hydrogen-bond donors (Lipinski definition) is 2. The molecule has 106 valence electrons. The summed E-state index contributed by atoms with van der Waals surface area (Å²) in [5.74, 6) is -1.49. The summed E-state index contributed by atoms with van der Waals surface area (Å²) < 4.78 is 0. The Kier molecular flexibility index (Phi) is 3.24. The molecule has 4 heteroatoms. The molecule has 0 unspecified atom stereocenters. The lowest BCUT2D eigenvalue weighted by atomic mass is 9.94. The molecule has 0 aliphatic rings. The van der Waals surface area contributed by atoms with E-state index in [1.54, 1.807) is 24.3 Å². The van der Waals surface area contributed by atoms with E-state index >= 15 is 0 Å². The van der Waals surface area contributed by atoms with Crippen LogP contribution in [-0.2, 0) is 0 Å². The molecule has 0 aliphatic heterocycles. The highest BCUT2D eigenvalue weighted by molar-refractivity contribution is 6.01. The number of carbonyl (C=O) groups is 1. The molecule has 0 saturated carbocycles. The maximum absolute atomic E-state index is 11.2. The monoisotopic (exact) mass is 289 g/mol. The topological polar surface area (TPSA) is 81.3 Å². The number of aromatic carboxylic acids is 1. The predicted molar refractivity (Wildman–Crippen MR) is 82.7 cm³/mol.